The molecule has 0 aliphatic carbocycles. The maximum atomic E-state index is 12.0. The Labute approximate surface area is 158 Å². The number of carbonyl (C=O) groups is 2. The second-order valence-electron chi connectivity index (χ2n) is 6.63. The molecule has 0 aliphatic heterocycles. The van der Waals surface area contributed by atoms with Crippen molar-refractivity contribution in [2.24, 2.45) is 0 Å². The van der Waals surface area contributed by atoms with Gasteiger partial charge in [-0.1, -0.05) is 24.3 Å². The van der Waals surface area contributed by atoms with Crippen LogP contribution in [-0.4, -0.2) is 41.3 Å². The largest absolute Gasteiger partial charge is 0.294 e. The Morgan fingerprint density at radius 3 is 2.22 bits per heavy atom. The van der Waals surface area contributed by atoms with E-state index in [1.165, 1.54) is 25.5 Å². The van der Waals surface area contributed by atoms with Crippen LogP contribution in [0.25, 0.3) is 11.3 Å². The number of pyridine rings is 1. The number of hydrogen-bond donors (Lipinski definition) is 2. The fraction of sp³-hybridized carbons (Fsp3) is 0.316. The van der Waals surface area contributed by atoms with Crippen LogP contribution in [0.1, 0.15) is 36.2 Å². The van der Waals surface area contributed by atoms with E-state index in [4.69, 9.17) is 5.21 Å². The van der Waals surface area contributed by atoms with Crippen molar-refractivity contribution in [2.45, 2.75) is 31.4 Å². The van der Waals surface area contributed by atoms with Gasteiger partial charge in [0.1, 0.15) is 4.75 Å². The molecule has 7 nitrogen and oxygen atoms in total. The van der Waals surface area contributed by atoms with Crippen molar-refractivity contribution in [1.82, 2.24) is 10.5 Å². The van der Waals surface area contributed by atoms with Crippen molar-refractivity contribution in [2.75, 3.05) is 6.26 Å². The summed E-state index contributed by atoms with van der Waals surface area (Å²) >= 11 is 0. The summed E-state index contributed by atoms with van der Waals surface area (Å²) in [6.07, 6.45) is 2.87. The van der Waals surface area contributed by atoms with Crippen molar-refractivity contribution < 1.29 is 23.2 Å². The zero-order chi connectivity index (χ0) is 20.2. The van der Waals surface area contributed by atoms with Crippen molar-refractivity contribution in [3.05, 3.63) is 53.7 Å². The van der Waals surface area contributed by atoms with Crippen LogP contribution < -0.4 is 5.48 Å². The second kappa shape index (κ2) is 7.98. The summed E-state index contributed by atoms with van der Waals surface area (Å²) in [6.45, 7) is 2.77. The zero-order valence-electron chi connectivity index (χ0n) is 15.4. The molecule has 0 aliphatic rings. The van der Waals surface area contributed by atoms with Crippen LogP contribution in [0.15, 0.2) is 42.6 Å². The van der Waals surface area contributed by atoms with E-state index in [1.54, 1.807) is 12.1 Å². The monoisotopic (exact) mass is 390 g/mol. The molecule has 0 saturated heterocycles. The Morgan fingerprint density at radius 1 is 1.15 bits per heavy atom. The molecule has 1 aromatic carbocycles. The molecule has 0 spiro atoms. The summed E-state index contributed by atoms with van der Waals surface area (Å²) in [4.78, 5) is 27.4. The van der Waals surface area contributed by atoms with E-state index in [-0.39, 0.29) is 12.2 Å². The van der Waals surface area contributed by atoms with Gasteiger partial charge >= 0.3 is 0 Å². The average Bonchev–Trinajstić information content (AvgIpc) is 2.65. The van der Waals surface area contributed by atoms with Gasteiger partial charge in [-0.05, 0) is 44.4 Å². The summed E-state index contributed by atoms with van der Waals surface area (Å²) < 4.78 is 22.3. The van der Waals surface area contributed by atoms with Gasteiger partial charge in [0.25, 0.3) is 5.91 Å². The molecule has 0 radical (unpaired) electrons. The second-order valence-corrected chi connectivity index (χ2v) is 9.07. The molecule has 1 heterocycles. The maximum absolute atomic E-state index is 12.0. The Balaban J connectivity index is 2.15. The summed E-state index contributed by atoms with van der Waals surface area (Å²) in [7, 11) is -3.72. The lowest BCUT2D eigenvalue weighted by Crippen LogP contribution is -2.49. The van der Waals surface area contributed by atoms with Crippen LogP contribution in [0.4, 0.5) is 0 Å². The molecular weight excluding hydrogens is 368 g/mol. The smallest absolute Gasteiger partial charge is 0.264 e. The number of aromatic nitrogens is 1. The number of Topliss-reactive ketones (excluding diaryl/α,β-unsaturated/α-hetero) is 1. The van der Waals surface area contributed by atoms with Gasteiger partial charge in [-0.15, -0.1) is 0 Å². The number of sulfone groups is 1. The minimum Gasteiger partial charge on any atom is -0.294 e. The normalized spacial score (nSPS) is 13.6. The molecule has 1 atom stereocenters. The number of amides is 1. The van der Waals surface area contributed by atoms with Gasteiger partial charge in [-0.2, -0.15) is 0 Å². The van der Waals surface area contributed by atoms with Gasteiger partial charge in [-0.3, -0.25) is 19.8 Å². The fourth-order valence-corrected chi connectivity index (χ4v) is 3.44. The molecule has 27 heavy (non-hydrogen) atoms. The van der Waals surface area contributed by atoms with Gasteiger partial charge in [-0.25, -0.2) is 13.9 Å². The minimum atomic E-state index is -3.72. The molecule has 1 amide bonds. The number of benzene rings is 1. The topological polar surface area (TPSA) is 113 Å². The third-order valence-corrected chi connectivity index (χ3v) is 6.74. The van der Waals surface area contributed by atoms with Crippen LogP contribution in [0, 0.1) is 0 Å². The lowest BCUT2D eigenvalue weighted by atomic mass is 9.98. The molecular formula is C19H22N2O5S. The van der Waals surface area contributed by atoms with Crippen molar-refractivity contribution >= 4 is 21.5 Å². The number of ketones is 1. The highest BCUT2D eigenvalue weighted by Gasteiger charge is 2.43. The lowest BCUT2D eigenvalue weighted by Gasteiger charge is -2.25. The Kier molecular flexibility index (Phi) is 6.12. The molecule has 0 fully saturated rings. The minimum absolute atomic E-state index is 0.0309. The first-order valence-electron chi connectivity index (χ1n) is 8.29. The predicted molar refractivity (Wildman–Crippen MR) is 101 cm³/mol. The molecule has 0 saturated carbocycles. The van der Waals surface area contributed by atoms with E-state index in [1.807, 2.05) is 24.3 Å². The van der Waals surface area contributed by atoms with E-state index in [2.05, 4.69) is 4.98 Å². The highest BCUT2D eigenvalue weighted by Crippen LogP contribution is 2.25. The van der Waals surface area contributed by atoms with Crippen molar-refractivity contribution in [3.63, 3.8) is 0 Å². The summed E-state index contributed by atoms with van der Waals surface area (Å²) in [5, 5.41) is 8.86. The van der Waals surface area contributed by atoms with Gasteiger partial charge in [0.15, 0.2) is 15.6 Å². The van der Waals surface area contributed by atoms with Crippen molar-refractivity contribution in [3.8, 4) is 11.3 Å². The quantitative estimate of drug-likeness (QED) is 0.426. The first-order valence-corrected chi connectivity index (χ1v) is 10.2. The van der Waals surface area contributed by atoms with Crippen LogP contribution >= 0.6 is 0 Å². The Morgan fingerprint density at radius 2 is 1.78 bits per heavy atom. The number of carbonyl (C=O) groups excluding carboxylic acids is 2. The Hall–Kier alpha value is -2.58. The van der Waals surface area contributed by atoms with Crippen molar-refractivity contribution in [1.29, 1.82) is 0 Å². The number of rotatable bonds is 7. The first kappa shape index (κ1) is 20.7. The first-order chi connectivity index (χ1) is 12.6. The summed E-state index contributed by atoms with van der Waals surface area (Å²) in [5.41, 5.74) is 4.40. The van der Waals surface area contributed by atoms with E-state index in [9.17, 15) is 18.0 Å². The van der Waals surface area contributed by atoms with Gasteiger partial charge in [0.05, 0.1) is 5.69 Å². The van der Waals surface area contributed by atoms with Crippen LogP contribution in [0.5, 0.6) is 0 Å². The maximum Gasteiger partial charge on any atom is 0.264 e. The molecule has 1 aromatic heterocycles. The summed E-state index contributed by atoms with van der Waals surface area (Å²) in [6, 6.07) is 10.8. The van der Waals surface area contributed by atoms with Gasteiger partial charge < -0.3 is 0 Å². The predicted octanol–water partition coefficient (Wildman–Crippen LogP) is 2.19. The lowest BCUT2D eigenvalue weighted by molar-refractivity contribution is -0.131. The Bertz CT molecular complexity index is 937. The zero-order valence-corrected chi connectivity index (χ0v) is 16.2. The standard InChI is InChI=1S/C19H22N2O5S/c1-13(22)16-8-9-17(20-12-16)15-6-4-14(5-7-15)10-11-19(2,18(23)21-24)27(3,25)26/h4-9,12,24H,10-11H2,1-3H3,(H,21,23)/t19-/m1/s1. The van der Waals surface area contributed by atoms with Crippen LogP contribution in [0.3, 0.4) is 0 Å². The molecule has 2 rings (SSSR count). The fourth-order valence-electron chi connectivity index (χ4n) is 2.58. The van der Waals surface area contributed by atoms with Gasteiger partial charge in [0, 0.05) is 23.6 Å². The SMILES string of the molecule is CC(=O)c1ccc(-c2ccc(CC[C@](C)(C(=O)NO)S(C)(=O)=O)cc2)nc1. The molecule has 2 N–H and O–H groups in total. The average molecular weight is 390 g/mol. The molecule has 2 aromatic rings. The molecule has 144 valence electrons. The molecule has 0 bridgehead atoms. The van der Waals surface area contributed by atoms with E-state index >= 15 is 0 Å². The highest BCUT2D eigenvalue weighted by molar-refractivity contribution is 7.92. The molecule has 0 unspecified atom stereocenters. The number of nitrogens with zero attached hydrogens (tertiary/aromatic N) is 1. The third-order valence-electron chi connectivity index (χ3n) is 4.71. The third kappa shape index (κ3) is 4.58. The van der Waals surface area contributed by atoms with Crippen LogP contribution in [0.2, 0.25) is 0 Å². The number of aryl methyl sites for hydroxylation is 1. The molecule has 8 heteroatoms. The number of hydroxylamine groups is 1. The van der Waals surface area contributed by atoms with E-state index in [0.717, 1.165) is 17.4 Å². The van der Waals surface area contributed by atoms with Gasteiger partial charge in [0.2, 0.25) is 0 Å². The van der Waals surface area contributed by atoms with E-state index < -0.39 is 20.5 Å². The number of hydrogen-bond acceptors (Lipinski definition) is 6. The van der Waals surface area contributed by atoms with Crippen LogP contribution in [-0.2, 0) is 21.1 Å². The number of nitrogens with one attached hydrogen (secondary N) is 1. The highest BCUT2D eigenvalue weighted by atomic mass is 32.2. The van der Waals surface area contributed by atoms with E-state index in [0.29, 0.717) is 17.7 Å². The summed E-state index contributed by atoms with van der Waals surface area (Å²) in [5.74, 6) is -0.998.